The van der Waals surface area contributed by atoms with E-state index in [0.29, 0.717) is 17.3 Å². The molecule has 102 valence electrons. The van der Waals surface area contributed by atoms with Crippen LogP contribution in [0.25, 0.3) is 0 Å². The van der Waals surface area contributed by atoms with E-state index in [-0.39, 0.29) is 11.3 Å². The molecule has 2 rings (SSSR count). The van der Waals surface area contributed by atoms with Gasteiger partial charge in [0.25, 0.3) is 0 Å². The highest BCUT2D eigenvalue weighted by Gasteiger charge is 2.29. The molecule has 0 spiro atoms. The third-order valence-corrected chi connectivity index (χ3v) is 5.25. The van der Waals surface area contributed by atoms with E-state index in [1.165, 1.54) is 0 Å². The predicted molar refractivity (Wildman–Crippen MR) is 75.1 cm³/mol. The summed E-state index contributed by atoms with van der Waals surface area (Å²) in [7, 11) is -0.786. The summed E-state index contributed by atoms with van der Waals surface area (Å²) in [6, 6.07) is 5.53. The van der Waals surface area contributed by atoms with Crippen LogP contribution in [-0.4, -0.2) is 31.5 Å². The zero-order valence-corrected chi connectivity index (χ0v) is 11.8. The van der Waals surface area contributed by atoms with Gasteiger partial charge in [0.2, 0.25) is 0 Å². The molecule has 1 N–H and O–H groups in total. The molecule has 0 radical (unpaired) electrons. The van der Waals surface area contributed by atoms with Crippen molar-refractivity contribution in [3.8, 4) is 6.07 Å². The summed E-state index contributed by atoms with van der Waals surface area (Å²) in [4.78, 5) is 0. The normalized spacial score (nSPS) is 24.4. The van der Waals surface area contributed by atoms with Crippen molar-refractivity contribution in [2.45, 2.75) is 43.9 Å². The van der Waals surface area contributed by atoms with Crippen LogP contribution in [0.2, 0.25) is 0 Å². The van der Waals surface area contributed by atoms with Crippen LogP contribution in [0, 0.1) is 11.3 Å². The molecule has 3 atom stereocenters. The molecule has 0 aromatic carbocycles. The summed E-state index contributed by atoms with van der Waals surface area (Å²) in [6.07, 6.45) is 4.31. The summed E-state index contributed by atoms with van der Waals surface area (Å²) >= 11 is 0. The largest absolute Gasteiger partial charge is 0.365 e. The molecule has 19 heavy (non-hydrogen) atoms. The second-order valence-corrected chi connectivity index (χ2v) is 6.60. The summed E-state index contributed by atoms with van der Waals surface area (Å²) in [5, 5.41) is 20.0. The Morgan fingerprint density at radius 3 is 2.84 bits per heavy atom. The fourth-order valence-corrected chi connectivity index (χ4v) is 3.88. The molecule has 3 unspecified atom stereocenters. The molecule has 1 saturated carbocycles. The Morgan fingerprint density at radius 2 is 2.21 bits per heavy atom. The van der Waals surface area contributed by atoms with E-state index in [4.69, 9.17) is 5.26 Å². The van der Waals surface area contributed by atoms with E-state index in [1.807, 2.05) is 13.0 Å². The van der Waals surface area contributed by atoms with Gasteiger partial charge >= 0.3 is 0 Å². The van der Waals surface area contributed by atoms with E-state index in [1.54, 1.807) is 12.1 Å². The van der Waals surface area contributed by atoms with Crippen molar-refractivity contribution in [1.29, 1.82) is 5.26 Å². The van der Waals surface area contributed by atoms with E-state index in [2.05, 4.69) is 15.5 Å². The summed E-state index contributed by atoms with van der Waals surface area (Å²) < 4.78 is 12.1. The zero-order chi connectivity index (χ0) is 13.7. The number of hydrogen-bond donors (Lipinski definition) is 1. The number of rotatable bonds is 4. The van der Waals surface area contributed by atoms with Crippen LogP contribution in [0.1, 0.15) is 38.3 Å². The van der Waals surface area contributed by atoms with Crippen molar-refractivity contribution in [2.24, 2.45) is 0 Å². The average molecular weight is 278 g/mol. The summed E-state index contributed by atoms with van der Waals surface area (Å²) in [5.41, 5.74) is 0.308. The Labute approximate surface area is 115 Å². The van der Waals surface area contributed by atoms with Crippen molar-refractivity contribution >= 4 is 16.6 Å². The first-order chi connectivity index (χ1) is 9.24. The lowest BCUT2D eigenvalue weighted by Crippen LogP contribution is -2.40. The van der Waals surface area contributed by atoms with E-state index in [9.17, 15) is 4.21 Å². The number of hydrogen-bond acceptors (Lipinski definition) is 5. The second kappa shape index (κ2) is 6.62. The molecule has 0 bridgehead atoms. The highest BCUT2D eigenvalue weighted by atomic mass is 32.2. The van der Waals surface area contributed by atoms with Gasteiger partial charge in [0.1, 0.15) is 11.9 Å². The second-order valence-electron chi connectivity index (χ2n) is 4.66. The lowest BCUT2D eigenvalue weighted by Gasteiger charge is -2.31. The van der Waals surface area contributed by atoms with Crippen molar-refractivity contribution < 1.29 is 4.21 Å². The number of nitrogens with zero attached hydrogens (tertiary/aromatic N) is 3. The highest BCUT2D eigenvalue weighted by Crippen LogP contribution is 2.25. The van der Waals surface area contributed by atoms with Crippen LogP contribution in [0.5, 0.6) is 0 Å². The maximum Gasteiger partial charge on any atom is 0.163 e. The van der Waals surface area contributed by atoms with Gasteiger partial charge in [-0.05, 0) is 25.0 Å². The third-order valence-electron chi connectivity index (χ3n) is 3.44. The van der Waals surface area contributed by atoms with Gasteiger partial charge in [0, 0.05) is 22.6 Å². The molecule has 0 amide bonds. The summed E-state index contributed by atoms with van der Waals surface area (Å²) in [5.74, 6) is 1.35. The van der Waals surface area contributed by atoms with Crippen LogP contribution in [0.4, 0.5) is 5.82 Å². The Bertz CT molecular complexity index is 482. The lowest BCUT2D eigenvalue weighted by atomic mass is 9.95. The first-order valence-corrected chi connectivity index (χ1v) is 8.00. The minimum Gasteiger partial charge on any atom is -0.365 e. The Balaban J connectivity index is 2.06. The molecule has 6 heteroatoms. The molecule has 1 aromatic rings. The van der Waals surface area contributed by atoms with Crippen LogP contribution in [0.3, 0.4) is 0 Å². The van der Waals surface area contributed by atoms with Gasteiger partial charge in [-0.15, -0.1) is 10.2 Å². The van der Waals surface area contributed by atoms with Crippen molar-refractivity contribution in [1.82, 2.24) is 10.2 Å². The third kappa shape index (κ3) is 3.51. The van der Waals surface area contributed by atoms with Gasteiger partial charge in [0.15, 0.2) is 5.69 Å². The van der Waals surface area contributed by atoms with Crippen LogP contribution < -0.4 is 5.32 Å². The van der Waals surface area contributed by atoms with Gasteiger partial charge in [-0.25, -0.2) is 0 Å². The minimum absolute atomic E-state index is 0.191. The van der Waals surface area contributed by atoms with Crippen molar-refractivity contribution in [3.05, 3.63) is 17.8 Å². The highest BCUT2D eigenvalue weighted by molar-refractivity contribution is 7.85. The number of anilines is 1. The molecule has 1 aliphatic rings. The minimum atomic E-state index is -0.786. The molecule has 1 fully saturated rings. The Hall–Kier alpha value is -1.48. The standard InChI is InChI=1S/C13H18N4OS/c1-2-19(18)12-6-4-3-5-11(12)15-13-8-7-10(9-14)16-17-13/h7-8,11-12H,2-6H2,1H3,(H,15,17). The van der Waals surface area contributed by atoms with E-state index in [0.717, 1.165) is 25.7 Å². The monoisotopic (exact) mass is 278 g/mol. The van der Waals surface area contributed by atoms with Crippen LogP contribution in [-0.2, 0) is 10.8 Å². The molecule has 5 nitrogen and oxygen atoms in total. The average Bonchev–Trinajstić information content (AvgIpc) is 2.48. The van der Waals surface area contributed by atoms with Gasteiger partial charge in [-0.1, -0.05) is 19.8 Å². The maximum absolute atomic E-state index is 12.1. The number of nitriles is 1. The van der Waals surface area contributed by atoms with Crippen LogP contribution in [0.15, 0.2) is 12.1 Å². The maximum atomic E-state index is 12.1. The zero-order valence-electron chi connectivity index (χ0n) is 11.0. The van der Waals surface area contributed by atoms with Gasteiger partial charge in [-0.3, -0.25) is 4.21 Å². The van der Waals surface area contributed by atoms with E-state index < -0.39 is 10.8 Å². The molecular weight excluding hydrogens is 260 g/mol. The van der Waals surface area contributed by atoms with Crippen molar-refractivity contribution in [3.63, 3.8) is 0 Å². The Morgan fingerprint density at radius 1 is 1.42 bits per heavy atom. The van der Waals surface area contributed by atoms with Gasteiger partial charge in [-0.2, -0.15) is 5.26 Å². The van der Waals surface area contributed by atoms with Gasteiger partial charge < -0.3 is 5.32 Å². The summed E-state index contributed by atoms with van der Waals surface area (Å²) in [6.45, 7) is 1.96. The van der Waals surface area contributed by atoms with E-state index >= 15 is 0 Å². The lowest BCUT2D eigenvalue weighted by molar-refractivity contribution is 0.464. The first kappa shape index (κ1) is 13.9. The fraction of sp³-hybridized carbons (Fsp3) is 0.615. The smallest absolute Gasteiger partial charge is 0.163 e. The van der Waals surface area contributed by atoms with Crippen LogP contribution >= 0.6 is 0 Å². The number of nitrogens with one attached hydrogen (secondary N) is 1. The SMILES string of the molecule is CCS(=O)C1CCCCC1Nc1ccc(C#N)nn1. The molecule has 1 heterocycles. The van der Waals surface area contributed by atoms with Crippen molar-refractivity contribution in [2.75, 3.05) is 11.1 Å². The van der Waals surface area contributed by atoms with Gasteiger partial charge in [0.05, 0.1) is 5.25 Å². The Kier molecular flexibility index (Phi) is 4.86. The first-order valence-electron chi connectivity index (χ1n) is 6.62. The molecule has 1 aliphatic carbocycles. The quantitative estimate of drug-likeness (QED) is 0.909. The molecule has 0 aliphatic heterocycles. The molecule has 0 saturated heterocycles. The predicted octanol–water partition coefficient (Wildman–Crippen LogP) is 1.84. The topological polar surface area (TPSA) is 78.7 Å². The molecule has 1 aromatic heterocycles. The molecular formula is C13H18N4OS. The number of aromatic nitrogens is 2. The fourth-order valence-electron chi connectivity index (χ4n) is 2.45.